The molecule has 2 heterocycles. The minimum Gasteiger partial charge on any atom is -0.383 e. The summed E-state index contributed by atoms with van der Waals surface area (Å²) >= 11 is 0. The van der Waals surface area contributed by atoms with Crippen LogP contribution in [-0.4, -0.2) is 42.8 Å². The van der Waals surface area contributed by atoms with Crippen LogP contribution >= 0.6 is 0 Å². The second kappa shape index (κ2) is 5.03. The zero-order valence-corrected chi connectivity index (χ0v) is 10.9. The first-order chi connectivity index (χ1) is 7.63. The number of nitrogens with zero attached hydrogens (tertiary/aromatic N) is 1. The van der Waals surface area contributed by atoms with E-state index in [1.165, 1.54) is 25.7 Å². The number of methoxy groups -OCH3 is 1. The second-order valence-corrected chi connectivity index (χ2v) is 5.83. The maximum Gasteiger partial charge on any atom is 0.0620 e. The van der Waals surface area contributed by atoms with Crippen LogP contribution in [0.2, 0.25) is 0 Å². The van der Waals surface area contributed by atoms with Gasteiger partial charge in [0.2, 0.25) is 0 Å². The molecule has 2 rings (SSSR count). The molecule has 3 unspecified atom stereocenters. The third-order valence-electron chi connectivity index (χ3n) is 4.32. The van der Waals surface area contributed by atoms with Crippen molar-refractivity contribution in [3.8, 4) is 0 Å². The van der Waals surface area contributed by atoms with Crippen LogP contribution in [0.15, 0.2) is 0 Å². The van der Waals surface area contributed by atoms with E-state index in [0.717, 1.165) is 18.7 Å². The summed E-state index contributed by atoms with van der Waals surface area (Å²) in [6.07, 6.45) is 5.05. The lowest BCUT2D eigenvalue weighted by Crippen LogP contribution is -2.54. The van der Waals surface area contributed by atoms with E-state index in [-0.39, 0.29) is 0 Å². The fraction of sp³-hybridized carbons (Fsp3) is 1.00. The van der Waals surface area contributed by atoms with Crippen LogP contribution in [0.5, 0.6) is 0 Å². The molecule has 0 aromatic carbocycles. The molecule has 0 aromatic heterocycles. The van der Waals surface area contributed by atoms with Crippen molar-refractivity contribution < 1.29 is 4.74 Å². The molecule has 16 heavy (non-hydrogen) atoms. The van der Waals surface area contributed by atoms with Crippen molar-refractivity contribution in [2.24, 2.45) is 11.7 Å². The fourth-order valence-electron chi connectivity index (χ4n) is 3.59. The van der Waals surface area contributed by atoms with Crippen molar-refractivity contribution in [2.45, 2.75) is 63.7 Å². The summed E-state index contributed by atoms with van der Waals surface area (Å²) < 4.78 is 5.40. The third kappa shape index (κ3) is 2.27. The van der Waals surface area contributed by atoms with Crippen molar-refractivity contribution in [3.05, 3.63) is 0 Å². The Hall–Kier alpha value is -0.120. The van der Waals surface area contributed by atoms with Crippen LogP contribution in [0.4, 0.5) is 0 Å². The lowest BCUT2D eigenvalue weighted by molar-refractivity contribution is 0.00839. The van der Waals surface area contributed by atoms with Crippen LogP contribution in [0, 0.1) is 5.92 Å². The number of rotatable bonds is 4. The zero-order chi connectivity index (χ0) is 11.7. The molecule has 2 saturated heterocycles. The minimum absolute atomic E-state index is 0.434. The molecule has 0 saturated carbocycles. The van der Waals surface area contributed by atoms with Crippen molar-refractivity contribution in [3.63, 3.8) is 0 Å². The van der Waals surface area contributed by atoms with Gasteiger partial charge in [0.05, 0.1) is 6.61 Å². The molecule has 2 aliphatic rings. The third-order valence-corrected chi connectivity index (χ3v) is 4.32. The van der Waals surface area contributed by atoms with E-state index in [0.29, 0.717) is 18.0 Å². The van der Waals surface area contributed by atoms with Gasteiger partial charge in [0.15, 0.2) is 0 Å². The molecular formula is C13H26N2O. The summed E-state index contributed by atoms with van der Waals surface area (Å²) in [6.45, 7) is 5.47. The fourth-order valence-corrected chi connectivity index (χ4v) is 3.59. The molecule has 0 aromatic rings. The molecule has 2 fully saturated rings. The maximum absolute atomic E-state index is 6.11. The number of hydrogen-bond donors (Lipinski definition) is 1. The van der Waals surface area contributed by atoms with Crippen LogP contribution in [0.1, 0.15) is 39.5 Å². The largest absolute Gasteiger partial charge is 0.383 e. The average molecular weight is 226 g/mol. The predicted octanol–water partition coefficient (Wildman–Crippen LogP) is 1.61. The van der Waals surface area contributed by atoms with Gasteiger partial charge in [-0.3, -0.25) is 4.90 Å². The Morgan fingerprint density at radius 3 is 2.25 bits per heavy atom. The molecule has 2 bridgehead atoms. The second-order valence-electron chi connectivity index (χ2n) is 5.83. The van der Waals surface area contributed by atoms with Crippen molar-refractivity contribution in [1.82, 2.24) is 4.90 Å². The first-order valence-electron chi connectivity index (χ1n) is 6.65. The van der Waals surface area contributed by atoms with Gasteiger partial charge in [0.25, 0.3) is 0 Å². The van der Waals surface area contributed by atoms with Gasteiger partial charge in [-0.05, 0) is 31.6 Å². The molecule has 2 N–H and O–H groups in total. The zero-order valence-electron chi connectivity index (χ0n) is 10.9. The Labute approximate surface area is 99.3 Å². The maximum atomic E-state index is 6.11. The predicted molar refractivity (Wildman–Crippen MR) is 66.4 cm³/mol. The van der Waals surface area contributed by atoms with E-state index in [2.05, 4.69) is 18.7 Å². The number of nitrogens with two attached hydrogens (primary N) is 1. The molecule has 0 amide bonds. The molecule has 94 valence electrons. The van der Waals surface area contributed by atoms with Gasteiger partial charge in [-0.2, -0.15) is 0 Å². The lowest BCUT2D eigenvalue weighted by Gasteiger charge is -2.44. The van der Waals surface area contributed by atoms with Crippen LogP contribution in [0.25, 0.3) is 0 Å². The van der Waals surface area contributed by atoms with Crippen molar-refractivity contribution in [1.29, 1.82) is 0 Å². The summed E-state index contributed by atoms with van der Waals surface area (Å²) in [5.41, 5.74) is 6.11. The molecule has 3 atom stereocenters. The number of fused-ring (bicyclic) bond motifs is 2. The Kier molecular flexibility index (Phi) is 3.88. The molecule has 0 radical (unpaired) electrons. The van der Waals surface area contributed by atoms with Gasteiger partial charge >= 0.3 is 0 Å². The van der Waals surface area contributed by atoms with Gasteiger partial charge in [-0.1, -0.05) is 13.8 Å². The molecular weight excluding hydrogens is 200 g/mol. The van der Waals surface area contributed by atoms with Crippen LogP contribution in [0.3, 0.4) is 0 Å². The summed E-state index contributed by atoms with van der Waals surface area (Å²) in [5.74, 6) is 0.664. The van der Waals surface area contributed by atoms with E-state index >= 15 is 0 Å². The van der Waals surface area contributed by atoms with E-state index in [1.54, 1.807) is 0 Å². The van der Waals surface area contributed by atoms with Crippen molar-refractivity contribution in [2.75, 3.05) is 13.7 Å². The van der Waals surface area contributed by atoms with Gasteiger partial charge in [-0.25, -0.2) is 0 Å². The standard InChI is InChI=1S/C13H26N2O/c1-9(2)13(8-16-3)15-11-4-5-12(15)7-10(14)6-11/h9-13H,4-8,14H2,1-3H3. The number of piperidine rings is 1. The van der Waals surface area contributed by atoms with Crippen molar-refractivity contribution >= 4 is 0 Å². The smallest absolute Gasteiger partial charge is 0.0620 e. The molecule has 3 heteroatoms. The SMILES string of the molecule is COCC(C(C)C)N1C2CCC1CC(N)C2. The van der Waals surface area contributed by atoms with Crippen LogP contribution < -0.4 is 5.73 Å². The quantitative estimate of drug-likeness (QED) is 0.791. The molecule has 0 spiro atoms. The molecule has 2 aliphatic heterocycles. The van der Waals surface area contributed by atoms with E-state index < -0.39 is 0 Å². The highest BCUT2D eigenvalue weighted by atomic mass is 16.5. The first kappa shape index (κ1) is 12.3. The normalized spacial score (nSPS) is 36.9. The minimum atomic E-state index is 0.434. The van der Waals surface area contributed by atoms with E-state index in [1.807, 2.05) is 7.11 Å². The Morgan fingerprint density at radius 1 is 1.25 bits per heavy atom. The molecule has 0 aliphatic carbocycles. The highest BCUT2D eigenvalue weighted by Gasteiger charge is 2.43. The molecule has 3 nitrogen and oxygen atoms in total. The van der Waals surface area contributed by atoms with Gasteiger partial charge < -0.3 is 10.5 Å². The van der Waals surface area contributed by atoms with E-state index in [9.17, 15) is 0 Å². The number of hydrogen-bond acceptors (Lipinski definition) is 3. The van der Waals surface area contributed by atoms with E-state index in [4.69, 9.17) is 10.5 Å². The topological polar surface area (TPSA) is 38.5 Å². The summed E-state index contributed by atoms with van der Waals surface area (Å²) in [7, 11) is 1.81. The first-order valence-corrected chi connectivity index (χ1v) is 6.65. The summed E-state index contributed by atoms with van der Waals surface area (Å²) in [6, 6.07) is 2.45. The average Bonchev–Trinajstić information content (AvgIpc) is 2.46. The summed E-state index contributed by atoms with van der Waals surface area (Å²) in [4.78, 5) is 2.72. The lowest BCUT2D eigenvalue weighted by atomic mass is 9.92. The number of ether oxygens (including phenoxy) is 1. The Balaban J connectivity index is 2.08. The summed E-state index contributed by atoms with van der Waals surface area (Å²) in [5, 5.41) is 0. The van der Waals surface area contributed by atoms with Crippen LogP contribution in [-0.2, 0) is 4.74 Å². The Morgan fingerprint density at radius 2 is 1.81 bits per heavy atom. The monoisotopic (exact) mass is 226 g/mol. The highest BCUT2D eigenvalue weighted by molar-refractivity contribution is 4.99. The highest BCUT2D eigenvalue weighted by Crippen LogP contribution is 2.38. The van der Waals surface area contributed by atoms with Gasteiger partial charge in [-0.15, -0.1) is 0 Å². The van der Waals surface area contributed by atoms with Gasteiger partial charge in [0, 0.05) is 31.3 Å². The Bertz CT molecular complexity index is 218. The van der Waals surface area contributed by atoms with Gasteiger partial charge in [0.1, 0.15) is 0 Å².